The van der Waals surface area contributed by atoms with E-state index in [1.807, 2.05) is 12.1 Å². The van der Waals surface area contributed by atoms with E-state index < -0.39 is 0 Å². The molecule has 1 unspecified atom stereocenters. The Bertz CT molecular complexity index is 1690. The largest absolute Gasteiger partial charge is 0.343 e. The minimum Gasteiger partial charge on any atom is -0.343 e. The van der Waals surface area contributed by atoms with Gasteiger partial charge in [-0.3, -0.25) is 14.7 Å². The highest BCUT2D eigenvalue weighted by molar-refractivity contribution is 6.30. The van der Waals surface area contributed by atoms with E-state index in [-0.39, 0.29) is 17.9 Å². The third-order valence-corrected chi connectivity index (χ3v) is 6.77. The van der Waals surface area contributed by atoms with Crippen LogP contribution in [0, 0.1) is 0 Å². The average Bonchev–Trinajstić information content (AvgIpc) is 3.70. The molecule has 0 fully saturated rings. The van der Waals surface area contributed by atoms with E-state index in [4.69, 9.17) is 11.6 Å². The molecule has 12 nitrogen and oxygen atoms in total. The summed E-state index contributed by atoms with van der Waals surface area (Å²) in [4.78, 5) is 33.6. The van der Waals surface area contributed by atoms with Crippen LogP contribution in [0.1, 0.15) is 43.1 Å². The van der Waals surface area contributed by atoms with E-state index in [2.05, 4.69) is 46.3 Å². The van der Waals surface area contributed by atoms with Gasteiger partial charge in [-0.1, -0.05) is 18.0 Å². The number of imidazole rings is 1. The Morgan fingerprint density at radius 3 is 2.97 bits per heavy atom. The molecule has 13 heteroatoms. The zero-order chi connectivity index (χ0) is 26.8. The van der Waals surface area contributed by atoms with E-state index in [1.54, 1.807) is 36.7 Å². The number of hydrogen-bond donors (Lipinski definition) is 4. The molecule has 1 atom stereocenters. The Labute approximate surface area is 226 Å². The summed E-state index contributed by atoms with van der Waals surface area (Å²) in [7, 11) is 0. The first-order chi connectivity index (χ1) is 19.0. The van der Waals surface area contributed by atoms with Gasteiger partial charge in [0, 0.05) is 34.0 Å². The number of H-pyrrole nitrogens is 2. The van der Waals surface area contributed by atoms with Crippen molar-refractivity contribution in [1.82, 2.24) is 45.7 Å². The number of anilines is 1. The van der Waals surface area contributed by atoms with E-state index >= 15 is 0 Å². The van der Waals surface area contributed by atoms with Crippen molar-refractivity contribution in [2.45, 2.75) is 31.7 Å². The minimum atomic E-state index is -0.377. The Hall–Kier alpha value is -4.84. The van der Waals surface area contributed by atoms with Crippen LogP contribution in [0.4, 0.5) is 5.69 Å². The fourth-order valence-electron chi connectivity index (χ4n) is 4.62. The van der Waals surface area contributed by atoms with Crippen LogP contribution < -0.4 is 10.6 Å². The molecule has 5 aromatic rings. The number of rotatable bonds is 4. The van der Waals surface area contributed by atoms with Crippen LogP contribution in [0.5, 0.6) is 0 Å². The molecule has 0 radical (unpaired) electrons. The van der Waals surface area contributed by atoms with Gasteiger partial charge in [0.2, 0.25) is 11.8 Å². The Balaban J connectivity index is 1.27. The molecular formula is C26H23ClN10O2. The summed E-state index contributed by atoms with van der Waals surface area (Å²) in [5.74, 6) is 0.263. The van der Waals surface area contributed by atoms with Gasteiger partial charge in [-0.15, -0.1) is 5.10 Å². The first-order valence-corrected chi connectivity index (χ1v) is 12.7. The highest BCUT2D eigenvalue weighted by Gasteiger charge is 2.21. The average molecular weight is 543 g/mol. The second-order valence-electron chi connectivity index (χ2n) is 9.18. The first-order valence-electron chi connectivity index (χ1n) is 12.4. The van der Waals surface area contributed by atoms with E-state index in [9.17, 15) is 9.59 Å². The van der Waals surface area contributed by atoms with E-state index in [0.29, 0.717) is 47.0 Å². The van der Waals surface area contributed by atoms with Crippen LogP contribution in [0.2, 0.25) is 5.02 Å². The molecule has 0 saturated heterocycles. The molecular weight excluding hydrogens is 520 g/mol. The van der Waals surface area contributed by atoms with Gasteiger partial charge in [-0.05, 0) is 59.7 Å². The summed E-state index contributed by atoms with van der Waals surface area (Å²) in [6.07, 6.45) is 10.4. The Morgan fingerprint density at radius 1 is 1.18 bits per heavy atom. The number of nitrogens with one attached hydrogen (secondary N) is 4. The fraction of sp³-hybridized carbons (Fsp3) is 0.192. The molecule has 4 N–H and O–H groups in total. The van der Waals surface area contributed by atoms with Gasteiger partial charge in [0.15, 0.2) is 0 Å². The van der Waals surface area contributed by atoms with Crippen molar-refractivity contribution in [3.8, 4) is 16.9 Å². The molecule has 0 spiro atoms. The maximum atomic E-state index is 13.0. The van der Waals surface area contributed by atoms with Crippen molar-refractivity contribution in [3.05, 3.63) is 71.5 Å². The topological polar surface area (TPSA) is 159 Å². The van der Waals surface area contributed by atoms with Gasteiger partial charge in [0.25, 0.3) is 0 Å². The van der Waals surface area contributed by atoms with Crippen LogP contribution >= 0.6 is 11.6 Å². The number of amides is 2. The molecule has 3 aromatic heterocycles. The maximum absolute atomic E-state index is 13.0. The third-order valence-electron chi connectivity index (χ3n) is 6.53. The number of tetrazole rings is 1. The molecule has 0 aliphatic carbocycles. The number of nitrogens with zero attached hydrogens (tertiary/aromatic N) is 6. The van der Waals surface area contributed by atoms with Gasteiger partial charge >= 0.3 is 0 Å². The van der Waals surface area contributed by atoms with Gasteiger partial charge < -0.3 is 15.6 Å². The molecule has 1 aliphatic heterocycles. The highest BCUT2D eigenvalue weighted by Crippen LogP contribution is 2.33. The molecule has 196 valence electrons. The summed E-state index contributed by atoms with van der Waals surface area (Å²) >= 11 is 6.19. The van der Waals surface area contributed by atoms with Crippen LogP contribution in [0.3, 0.4) is 0 Å². The summed E-state index contributed by atoms with van der Waals surface area (Å²) in [5, 5.41) is 25.8. The van der Waals surface area contributed by atoms with Crippen molar-refractivity contribution in [2.75, 3.05) is 5.32 Å². The molecule has 39 heavy (non-hydrogen) atoms. The Morgan fingerprint density at radius 2 is 2.10 bits per heavy atom. The predicted octanol–water partition coefficient (Wildman–Crippen LogP) is 3.97. The minimum absolute atomic E-state index is 0.0705. The van der Waals surface area contributed by atoms with Crippen LogP contribution in [0.15, 0.2) is 55.1 Å². The first kappa shape index (κ1) is 24.5. The normalized spacial score (nSPS) is 15.9. The molecule has 2 bridgehead atoms. The lowest BCUT2D eigenvalue weighted by molar-refractivity contribution is -0.118. The van der Waals surface area contributed by atoms with Crippen molar-refractivity contribution in [1.29, 1.82) is 0 Å². The highest BCUT2D eigenvalue weighted by atomic mass is 35.5. The van der Waals surface area contributed by atoms with Gasteiger partial charge in [-0.2, -0.15) is 9.78 Å². The summed E-state index contributed by atoms with van der Waals surface area (Å²) in [5.41, 5.74) is 4.36. The fourth-order valence-corrected chi connectivity index (χ4v) is 4.80. The number of benzene rings is 2. The second kappa shape index (κ2) is 10.5. The van der Waals surface area contributed by atoms with E-state index in [0.717, 1.165) is 28.6 Å². The van der Waals surface area contributed by atoms with Crippen LogP contribution in [-0.2, 0) is 9.59 Å². The SMILES string of the molecule is O=C(/C=C/c1cc(Cl)ccc1-n1cnnn1)NC1CCCCC(=O)Nc2cc3[nH]ncc3cc2-c2cnc1[nH]2. The van der Waals surface area contributed by atoms with Crippen molar-refractivity contribution >= 4 is 46.1 Å². The van der Waals surface area contributed by atoms with Crippen LogP contribution in [-0.4, -0.2) is 52.2 Å². The number of halogens is 1. The van der Waals surface area contributed by atoms with Crippen molar-refractivity contribution < 1.29 is 9.59 Å². The molecule has 2 amide bonds. The standard InChI is InChI=1S/C26H23ClN10O2/c27-17-6-7-23(37-14-30-35-36-37)15(9-17)5-8-25(39)31-19-3-1-2-4-24(38)32-21-11-20-16(12-29-34-20)10-18(21)22-13-28-26(19)33-22/h5-14,19H,1-4H2,(H,28,33)(H,29,34)(H,31,39)(H,32,38)/b8-5+. The molecule has 1 aliphatic rings. The number of aromatic amines is 2. The zero-order valence-electron chi connectivity index (χ0n) is 20.6. The van der Waals surface area contributed by atoms with Crippen LogP contribution in [0.25, 0.3) is 33.9 Å². The van der Waals surface area contributed by atoms with Gasteiger partial charge in [-0.25, -0.2) is 4.98 Å². The van der Waals surface area contributed by atoms with E-state index in [1.165, 1.54) is 17.1 Å². The number of hydrogen-bond acceptors (Lipinski definition) is 7. The third kappa shape index (κ3) is 5.27. The number of carbonyl (C=O) groups excluding carboxylic acids is 2. The summed E-state index contributed by atoms with van der Waals surface area (Å²) in [6, 6.07) is 8.67. The quantitative estimate of drug-likeness (QED) is 0.250. The van der Waals surface area contributed by atoms with Crippen molar-refractivity contribution in [2.24, 2.45) is 0 Å². The molecule has 6 rings (SSSR count). The lowest BCUT2D eigenvalue weighted by atomic mass is 10.0. The monoisotopic (exact) mass is 542 g/mol. The molecule has 2 aromatic carbocycles. The van der Waals surface area contributed by atoms with Gasteiger partial charge in [0.05, 0.1) is 41.0 Å². The zero-order valence-corrected chi connectivity index (χ0v) is 21.3. The van der Waals surface area contributed by atoms with Gasteiger partial charge in [0.1, 0.15) is 12.2 Å². The second-order valence-corrected chi connectivity index (χ2v) is 9.62. The predicted molar refractivity (Wildman–Crippen MR) is 145 cm³/mol. The summed E-state index contributed by atoms with van der Waals surface area (Å²) in [6.45, 7) is 0. The number of carbonyl (C=O) groups is 2. The van der Waals surface area contributed by atoms with Crippen molar-refractivity contribution in [3.63, 3.8) is 0 Å². The number of aromatic nitrogens is 8. The lowest BCUT2D eigenvalue weighted by Crippen LogP contribution is -2.28. The summed E-state index contributed by atoms with van der Waals surface area (Å²) < 4.78 is 1.50. The Kier molecular flexibility index (Phi) is 6.59. The molecule has 4 heterocycles. The maximum Gasteiger partial charge on any atom is 0.244 e. The number of fused-ring (bicyclic) bond motifs is 5. The molecule has 0 saturated carbocycles. The lowest BCUT2D eigenvalue weighted by Gasteiger charge is -2.17. The smallest absolute Gasteiger partial charge is 0.244 e.